The van der Waals surface area contributed by atoms with E-state index < -0.39 is 0 Å². The van der Waals surface area contributed by atoms with Gasteiger partial charge < -0.3 is 14.2 Å². The third kappa shape index (κ3) is 3.67. The molecule has 0 bridgehead atoms. The summed E-state index contributed by atoms with van der Waals surface area (Å²) in [5.74, 6) is 0.526. The topological polar surface area (TPSA) is 68.5 Å². The number of thiazole rings is 1. The maximum atomic E-state index is 13.2. The van der Waals surface area contributed by atoms with Crippen molar-refractivity contribution in [3.63, 3.8) is 0 Å². The molecule has 1 aliphatic heterocycles. The zero-order chi connectivity index (χ0) is 17.1. The Morgan fingerprint density at radius 1 is 1.46 bits per heavy atom. The Labute approximate surface area is 145 Å². The molecule has 0 spiro atoms. The fraction of sp³-hybridized carbons (Fsp3) is 0.588. The van der Waals surface area contributed by atoms with Crippen molar-refractivity contribution in [2.75, 3.05) is 13.2 Å². The van der Waals surface area contributed by atoms with Gasteiger partial charge in [-0.05, 0) is 33.1 Å². The molecule has 0 N–H and O–H groups in total. The van der Waals surface area contributed by atoms with E-state index in [2.05, 4.69) is 10.1 Å². The number of nitrogens with zero attached hydrogens (tertiary/aromatic N) is 3. The summed E-state index contributed by atoms with van der Waals surface area (Å²) in [6.45, 7) is 7.57. The number of carbonyl (C=O) groups is 1. The van der Waals surface area contributed by atoms with E-state index >= 15 is 0 Å². The Hall–Kier alpha value is -1.73. The van der Waals surface area contributed by atoms with E-state index in [4.69, 9.17) is 9.26 Å². The molecule has 1 aliphatic rings. The molecular weight excluding hydrogens is 326 g/mol. The van der Waals surface area contributed by atoms with Crippen molar-refractivity contribution >= 4 is 17.2 Å². The highest BCUT2D eigenvalue weighted by molar-refractivity contribution is 7.09. The van der Waals surface area contributed by atoms with Crippen LogP contribution in [0.15, 0.2) is 9.90 Å². The van der Waals surface area contributed by atoms with Crippen molar-refractivity contribution in [2.24, 2.45) is 0 Å². The van der Waals surface area contributed by atoms with E-state index in [-0.39, 0.29) is 12.0 Å². The van der Waals surface area contributed by atoms with Crippen LogP contribution in [0.5, 0.6) is 0 Å². The van der Waals surface area contributed by atoms with E-state index in [0.29, 0.717) is 36.5 Å². The van der Waals surface area contributed by atoms with Crippen molar-refractivity contribution in [3.8, 4) is 0 Å². The minimum Gasteiger partial charge on any atom is -0.376 e. The first-order valence-corrected chi connectivity index (χ1v) is 9.23. The standard InChI is InChI=1S/C17H23N3O3S/c1-4-14-16(12(3)23-19-14)17(21)20(8-13-6-5-7-22-13)9-15-18-11(2)10-24-15/h10,13H,4-9H2,1-3H3. The molecule has 24 heavy (non-hydrogen) atoms. The number of carbonyl (C=O) groups excluding carboxylic acids is 1. The molecule has 1 saturated heterocycles. The average molecular weight is 349 g/mol. The van der Waals surface area contributed by atoms with Crippen LogP contribution in [-0.4, -0.2) is 40.2 Å². The van der Waals surface area contributed by atoms with Gasteiger partial charge in [0.15, 0.2) is 0 Å². The number of aryl methyl sites for hydroxylation is 3. The van der Waals surface area contributed by atoms with Crippen LogP contribution in [0.25, 0.3) is 0 Å². The van der Waals surface area contributed by atoms with Gasteiger partial charge in [-0.1, -0.05) is 12.1 Å². The number of aromatic nitrogens is 2. The Kier molecular flexibility index (Phi) is 5.30. The minimum absolute atomic E-state index is 0.0473. The molecule has 0 saturated carbocycles. The van der Waals surface area contributed by atoms with Gasteiger partial charge in [-0.25, -0.2) is 4.98 Å². The first-order chi connectivity index (χ1) is 11.6. The molecule has 1 fully saturated rings. The van der Waals surface area contributed by atoms with E-state index in [9.17, 15) is 4.79 Å². The van der Waals surface area contributed by atoms with Gasteiger partial charge >= 0.3 is 0 Å². The monoisotopic (exact) mass is 349 g/mol. The molecule has 0 radical (unpaired) electrons. The zero-order valence-corrected chi connectivity index (χ0v) is 15.2. The van der Waals surface area contributed by atoms with Crippen LogP contribution in [0.3, 0.4) is 0 Å². The van der Waals surface area contributed by atoms with Crippen molar-refractivity contribution in [1.29, 1.82) is 0 Å². The molecule has 7 heteroatoms. The normalized spacial score (nSPS) is 17.4. The number of ether oxygens (including phenoxy) is 1. The van der Waals surface area contributed by atoms with Gasteiger partial charge in [0, 0.05) is 24.2 Å². The summed E-state index contributed by atoms with van der Waals surface area (Å²) < 4.78 is 11.0. The summed E-state index contributed by atoms with van der Waals surface area (Å²) >= 11 is 1.58. The number of rotatable bonds is 6. The van der Waals surface area contributed by atoms with Crippen LogP contribution in [0.4, 0.5) is 0 Å². The second kappa shape index (κ2) is 7.44. The first-order valence-electron chi connectivity index (χ1n) is 8.35. The highest BCUT2D eigenvalue weighted by Gasteiger charge is 2.28. The lowest BCUT2D eigenvalue weighted by molar-refractivity contribution is 0.0505. The molecule has 3 rings (SSSR count). The smallest absolute Gasteiger partial charge is 0.259 e. The van der Waals surface area contributed by atoms with Gasteiger partial charge in [0.2, 0.25) is 0 Å². The fourth-order valence-electron chi connectivity index (χ4n) is 2.98. The van der Waals surface area contributed by atoms with Crippen LogP contribution >= 0.6 is 11.3 Å². The van der Waals surface area contributed by atoms with Crippen molar-refractivity contribution < 1.29 is 14.1 Å². The molecule has 0 aliphatic carbocycles. The predicted octanol–water partition coefficient (Wildman–Crippen LogP) is 3.13. The van der Waals surface area contributed by atoms with Crippen LogP contribution < -0.4 is 0 Å². The summed E-state index contributed by atoms with van der Waals surface area (Å²) in [7, 11) is 0. The molecule has 1 amide bonds. The van der Waals surface area contributed by atoms with Crippen LogP contribution in [-0.2, 0) is 17.7 Å². The van der Waals surface area contributed by atoms with E-state index in [0.717, 1.165) is 30.2 Å². The lowest BCUT2D eigenvalue weighted by Gasteiger charge is -2.24. The quantitative estimate of drug-likeness (QED) is 0.801. The minimum atomic E-state index is -0.0473. The van der Waals surface area contributed by atoms with E-state index in [1.807, 2.05) is 24.1 Å². The Bertz CT molecular complexity index is 704. The molecule has 6 nitrogen and oxygen atoms in total. The van der Waals surface area contributed by atoms with Crippen molar-refractivity contribution in [1.82, 2.24) is 15.0 Å². The Balaban J connectivity index is 1.84. The third-order valence-electron chi connectivity index (χ3n) is 4.21. The van der Waals surface area contributed by atoms with Crippen molar-refractivity contribution in [3.05, 3.63) is 33.1 Å². The number of hydrogen-bond donors (Lipinski definition) is 0. The van der Waals surface area contributed by atoms with Gasteiger partial charge in [-0.3, -0.25) is 4.79 Å². The Morgan fingerprint density at radius 3 is 2.92 bits per heavy atom. The highest BCUT2D eigenvalue weighted by Crippen LogP contribution is 2.22. The third-order valence-corrected chi connectivity index (χ3v) is 5.16. The molecule has 2 aromatic heterocycles. The first kappa shape index (κ1) is 17.1. The van der Waals surface area contributed by atoms with Gasteiger partial charge in [0.05, 0.1) is 18.3 Å². The lowest BCUT2D eigenvalue weighted by atomic mass is 10.1. The number of amides is 1. The van der Waals surface area contributed by atoms with Gasteiger partial charge in [-0.2, -0.15) is 0 Å². The summed E-state index contributed by atoms with van der Waals surface area (Å²) in [6.07, 6.45) is 2.81. The van der Waals surface area contributed by atoms with E-state index in [1.54, 1.807) is 18.3 Å². The molecule has 1 atom stereocenters. The molecular formula is C17H23N3O3S. The van der Waals surface area contributed by atoms with Gasteiger partial charge in [-0.15, -0.1) is 11.3 Å². The average Bonchev–Trinajstić information content (AvgIpc) is 3.28. The zero-order valence-electron chi connectivity index (χ0n) is 14.4. The predicted molar refractivity (Wildman–Crippen MR) is 91.2 cm³/mol. The lowest BCUT2D eigenvalue weighted by Crippen LogP contribution is -2.37. The Morgan fingerprint density at radius 2 is 2.29 bits per heavy atom. The fourth-order valence-corrected chi connectivity index (χ4v) is 3.77. The van der Waals surface area contributed by atoms with Gasteiger partial charge in [0.1, 0.15) is 16.3 Å². The molecule has 1 unspecified atom stereocenters. The van der Waals surface area contributed by atoms with Crippen molar-refractivity contribution in [2.45, 2.75) is 52.7 Å². The second-order valence-electron chi connectivity index (χ2n) is 6.12. The molecule has 2 aromatic rings. The SMILES string of the molecule is CCc1noc(C)c1C(=O)N(Cc1nc(C)cs1)CC1CCCO1. The number of hydrogen-bond acceptors (Lipinski definition) is 6. The summed E-state index contributed by atoms with van der Waals surface area (Å²) in [4.78, 5) is 19.5. The molecule has 0 aromatic carbocycles. The maximum Gasteiger partial charge on any atom is 0.259 e. The summed E-state index contributed by atoms with van der Waals surface area (Å²) in [5.41, 5.74) is 2.28. The summed E-state index contributed by atoms with van der Waals surface area (Å²) in [6, 6.07) is 0. The molecule has 130 valence electrons. The van der Waals surface area contributed by atoms with Crippen LogP contribution in [0.2, 0.25) is 0 Å². The van der Waals surface area contributed by atoms with Gasteiger partial charge in [0.25, 0.3) is 5.91 Å². The largest absolute Gasteiger partial charge is 0.376 e. The maximum absolute atomic E-state index is 13.2. The van der Waals surface area contributed by atoms with E-state index in [1.165, 1.54) is 0 Å². The molecule has 3 heterocycles. The van der Waals surface area contributed by atoms with Crippen LogP contribution in [0.1, 0.15) is 52.3 Å². The van der Waals surface area contributed by atoms with Crippen LogP contribution in [0, 0.1) is 13.8 Å². The second-order valence-corrected chi connectivity index (χ2v) is 7.06. The highest BCUT2D eigenvalue weighted by atomic mass is 32.1. The summed E-state index contributed by atoms with van der Waals surface area (Å²) in [5, 5.41) is 6.96.